The van der Waals surface area contributed by atoms with Gasteiger partial charge in [0.25, 0.3) is 5.56 Å². The van der Waals surface area contributed by atoms with Gasteiger partial charge in [-0.3, -0.25) is 14.3 Å². The number of hydrogen-bond acceptors (Lipinski definition) is 7. The Kier molecular flexibility index (Phi) is 4.54. The number of ether oxygens (including phenoxy) is 1. The van der Waals surface area contributed by atoms with Crippen LogP contribution in [-0.4, -0.2) is 50.7 Å². The third-order valence-corrected chi connectivity index (χ3v) is 3.55. The van der Waals surface area contributed by atoms with Crippen molar-refractivity contribution in [3.8, 4) is 0 Å². The lowest BCUT2D eigenvalue weighted by atomic mass is 9.92. The number of nitrogens with zero attached hydrogens (tertiary/aromatic N) is 1. The molecule has 1 fully saturated rings. The first-order valence-electron chi connectivity index (χ1n) is 6.25. The smallest absolute Gasteiger partial charge is 0.330 e. The Morgan fingerprint density at radius 2 is 2.29 bits per heavy atom. The largest absolute Gasteiger partial charge is 0.393 e. The third-order valence-electron chi connectivity index (χ3n) is 3.55. The minimum Gasteiger partial charge on any atom is -0.393 e. The number of nitrogens with one attached hydrogen (secondary N) is 1. The summed E-state index contributed by atoms with van der Waals surface area (Å²) in [5.74, 6) is 0. The molecule has 0 unspecified atom stereocenters. The average molecular weight is 305 g/mol. The van der Waals surface area contributed by atoms with Gasteiger partial charge in [0.15, 0.2) is 12.3 Å². The summed E-state index contributed by atoms with van der Waals surface area (Å²) in [5, 5.41) is 19.6. The summed E-state index contributed by atoms with van der Waals surface area (Å²) in [6.45, 7) is -0.580. The number of halogens is 1. The van der Waals surface area contributed by atoms with Crippen LogP contribution in [0, 0.1) is 0 Å². The molecule has 21 heavy (non-hydrogen) atoms. The predicted molar refractivity (Wildman–Crippen MR) is 66.9 cm³/mol. The van der Waals surface area contributed by atoms with Gasteiger partial charge < -0.3 is 20.7 Å². The normalized spacial score (nSPS) is 32.5. The zero-order valence-corrected chi connectivity index (χ0v) is 10.9. The van der Waals surface area contributed by atoms with E-state index in [2.05, 4.69) is 4.94 Å². The van der Waals surface area contributed by atoms with E-state index in [1.165, 1.54) is 0 Å². The Hall–Kier alpha value is -1.59. The van der Waals surface area contributed by atoms with Gasteiger partial charge in [0.1, 0.15) is 11.7 Å². The summed E-state index contributed by atoms with van der Waals surface area (Å²) in [7, 11) is 0. The topological polar surface area (TPSA) is 140 Å². The highest BCUT2D eigenvalue weighted by Crippen LogP contribution is 2.40. The van der Waals surface area contributed by atoms with E-state index in [0.717, 1.165) is 16.8 Å². The lowest BCUT2D eigenvalue weighted by Gasteiger charge is -2.29. The van der Waals surface area contributed by atoms with E-state index in [9.17, 15) is 24.3 Å². The van der Waals surface area contributed by atoms with Crippen molar-refractivity contribution in [2.24, 2.45) is 5.73 Å². The molecule has 0 bridgehead atoms. The van der Waals surface area contributed by atoms with Crippen molar-refractivity contribution in [2.45, 2.75) is 30.5 Å². The molecule has 0 saturated carbocycles. The molecule has 10 heteroatoms. The first-order chi connectivity index (χ1) is 9.99. The minimum absolute atomic E-state index is 0.0269. The number of hydrogen-bond donors (Lipinski definition) is 4. The fourth-order valence-electron chi connectivity index (χ4n) is 2.43. The van der Waals surface area contributed by atoms with Crippen LogP contribution in [-0.2, 0) is 9.68 Å². The maximum absolute atomic E-state index is 12.8. The highest BCUT2D eigenvalue weighted by molar-refractivity contribution is 5.02. The standard InChI is InChI=1S/C11H16FN3O6/c12-21-7-8(18)11(5-16,2-3-13)20-9(7)15-4-1-6(17)14-10(15)19/h1,4,7-9,16,18H,2-3,5,13H2,(H,14,17,19)/t7-,8+,9-,11-/m1/s1. The fourth-order valence-corrected chi connectivity index (χ4v) is 2.43. The molecule has 0 aliphatic carbocycles. The van der Waals surface area contributed by atoms with Crippen LogP contribution in [0.15, 0.2) is 21.9 Å². The molecule has 0 aromatic carbocycles. The molecule has 1 saturated heterocycles. The molecule has 0 radical (unpaired) electrons. The molecule has 5 N–H and O–H groups in total. The number of nitrogens with two attached hydrogens (primary N) is 1. The van der Waals surface area contributed by atoms with Crippen LogP contribution in [0.4, 0.5) is 4.53 Å². The minimum atomic E-state index is -1.55. The van der Waals surface area contributed by atoms with Crippen molar-refractivity contribution in [3.05, 3.63) is 33.1 Å². The molecular formula is C11H16FN3O6. The summed E-state index contributed by atoms with van der Waals surface area (Å²) in [6, 6.07) is 1.04. The Bertz CT molecular complexity index is 604. The van der Waals surface area contributed by atoms with Gasteiger partial charge in [-0.25, -0.2) is 4.79 Å². The van der Waals surface area contributed by atoms with Gasteiger partial charge >= 0.3 is 5.69 Å². The van der Waals surface area contributed by atoms with Gasteiger partial charge in [-0.2, -0.15) is 4.94 Å². The molecule has 1 aliphatic heterocycles. The van der Waals surface area contributed by atoms with Crippen molar-refractivity contribution in [1.29, 1.82) is 0 Å². The molecule has 2 rings (SSSR count). The second-order valence-corrected chi connectivity index (χ2v) is 4.79. The van der Waals surface area contributed by atoms with Crippen molar-refractivity contribution >= 4 is 0 Å². The second kappa shape index (κ2) is 6.03. The number of H-pyrrole nitrogens is 1. The molecule has 2 heterocycles. The van der Waals surface area contributed by atoms with Crippen molar-refractivity contribution in [3.63, 3.8) is 0 Å². The lowest BCUT2D eigenvalue weighted by molar-refractivity contribution is -0.221. The molecule has 9 nitrogen and oxygen atoms in total. The maximum Gasteiger partial charge on any atom is 0.330 e. The van der Waals surface area contributed by atoms with E-state index in [0.29, 0.717) is 0 Å². The van der Waals surface area contributed by atoms with Gasteiger partial charge in [-0.05, 0) is 17.5 Å². The summed E-state index contributed by atoms with van der Waals surface area (Å²) < 4.78 is 19.1. The van der Waals surface area contributed by atoms with Crippen molar-refractivity contribution in [2.75, 3.05) is 13.2 Å². The first-order valence-corrected chi connectivity index (χ1v) is 6.25. The van der Waals surface area contributed by atoms with Crippen LogP contribution in [0.1, 0.15) is 12.6 Å². The number of aliphatic hydroxyl groups is 2. The second-order valence-electron chi connectivity index (χ2n) is 4.79. The predicted octanol–water partition coefficient (Wildman–Crippen LogP) is -2.22. The van der Waals surface area contributed by atoms with Crippen LogP contribution in [0.2, 0.25) is 0 Å². The number of aromatic nitrogens is 2. The molecule has 1 aliphatic rings. The van der Waals surface area contributed by atoms with Crippen LogP contribution in [0.3, 0.4) is 0 Å². The quantitative estimate of drug-likeness (QED) is 0.483. The lowest BCUT2D eigenvalue weighted by Crippen LogP contribution is -2.47. The van der Waals surface area contributed by atoms with E-state index in [1.54, 1.807) is 0 Å². The molecule has 0 amide bonds. The maximum atomic E-state index is 12.8. The summed E-state index contributed by atoms with van der Waals surface area (Å²) in [5.41, 5.74) is 2.36. The molecule has 0 spiro atoms. The summed E-state index contributed by atoms with van der Waals surface area (Å²) in [6.07, 6.45) is -3.33. The molecule has 1 aromatic heterocycles. The Labute approximate surface area is 117 Å². The number of rotatable bonds is 5. The van der Waals surface area contributed by atoms with Gasteiger partial charge in [0, 0.05) is 12.3 Å². The van der Waals surface area contributed by atoms with Crippen LogP contribution < -0.4 is 17.0 Å². The van der Waals surface area contributed by atoms with Gasteiger partial charge in [0.2, 0.25) is 0 Å². The molecule has 118 valence electrons. The van der Waals surface area contributed by atoms with Crippen molar-refractivity contribution in [1.82, 2.24) is 9.55 Å². The zero-order chi connectivity index (χ0) is 15.6. The van der Waals surface area contributed by atoms with E-state index in [4.69, 9.17) is 10.5 Å². The monoisotopic (exact) mass is 305 g/mol. The van der Waals surface area contributed by atoms with Gasteiger partial charge in [-0.1, -0.05) is 0 Å². The Morgan fingerprint density at radius 1 is 1.57 bits per heavy atom. The van der Waals surface area contributed by atoms with E-state index >= 15 is 0 Å². The molecular weight excluding hydrogens is 289 g/mol. The molecule has 1 aromatic rings. The van der Waals surface area contributed by atoms with E-state index in [-0.39, 0.29) is 13.0 Å². The van der Waals surface area contributed by atoms with Crippen molar-refractivity contribution < 1.29 is 24.4 Å². The van der Waals surface area contributed by atoms with E-state index in [1.807, 2.05) is 4.98 Å². The van der Waals surface area contributed by atoms with Crippen LogP contribution in [0.25, 0.3) is 0 Å². The van der Waals surface area contributed by atoms with Crippen LogP contribution in [0.5, 0.6) is 0 Å². The number of aliphatic hydroxyl groups excluding tert-OH is 2. The average Bonchev–Trinajstić information content (AvgIpc) is 2.72. The SMILES string of the molecule is NCC[C@]1(CO)O[C@@H](n2ccc(=O)[nH]c2=O)[C@H](OF)[C@@H]1O. The fraction of sp³-hybridized carbons (Fsp3) is 0.636. The van der Waals surface area contributed by atoms with E-state index < -0.39 is 41.9 Å². The Balaban J connectivity index is 2.44. The summed E-state index contributed by atoms with van der Waals surface area (Å²) in [4.78, 5) is 28.4. The van der Waals surface area contributed by atoms with Gasteiger partial charge in [0.05, 0.1) is 6.61 Å². The highest BCUT2D eigenvalue weighted by atomic mass is 19.3. The Morgan fingerprint density at radius 3 is 2.81 bits per heavy atom. The number of aromatic amines is 1. The highest BCUT2D eigenvalue weighted by Gasteiger charge is 2.56. The molecule has 4 atom stereocenters. The zero-order valence-electron chi connectivity index (χ0n) is 10.9. The first kappa shape index (κ1) is 15.8. The third kappa shape index (κ3) is 2.63. The van der Waals surface area contributed by atoms with Gasteiger partial charge in [-0.15, -0.1) is 0 Å². The van der Waals surface area contributed by atoms with Crippen LogP contribution >= 0.6 is 0 Å². The summed E-state index contributed by atoms with van der Waals surface area (Å²) >= 11 is 0.